The molecule has 5 heteroatoms. The van der Waals surface area contributed by atoms with Crippen molar-refractivity contribution in [1.82, 2.24) is 4.90 Å². The van der Waals surface area contributed by atoms with E-state index in [4.69, 9.17) is 0 Å². The van der Waals surface area contributed by atoms with E-state index in [1.165, 1.54) is 12.0 Å². The minimum atomic E-state index is -0.412. The Hall–Kier alpha value is -2.69. The molecule has 0 radical (unpaired) electrons. The summed E-state index contributed by atoms with van der Waals surface area (Å²) in [6.07, 6.45) is 3.31. The summed E-state index contributed by atoms with van der Waals surface area (Å²) in [6.45, 7) is 3.62. The molecule has 5 nitrogen and oxygen atoms in total. The van der Waals surface area contributed by atoms with Gasteiger partial charge in [0, 0.05) is 5.57 Å². The van der Waals surface area contributed by atoms with Crippen LogP contribution in [0.3, 0.4) is 0 Å². The third-order valence-corrected chi connectivity index (χ3v) is 3.41. The zero-order valence-electron chi connectivity index (χ0n) is 12.8. The molecule has 0 aromatic heterocycles. The van der Waals surface area contributed by atoms with E-state index in [0.717, 1.165) is 5.57 Å². The highest BCUT2D eigenvalue weighted by atomic mass is 16.5. The summed E-state index contributed by atoms with van der Waals surface area (Å²) in [5.74, 6) is -0.992. The fourth-order valence-electron chi connectivity index (χ4n) is 2.18. The molecule has 2 rings (SSSR count). The first-order valence-corrected chi connectivity index (χ1v) is 6.83. The van der Waals surface area contributed by atoms with Gasteiger partial charge >= 0.3 is 5.97 Å². The van der Waals surface area contributed by atoms with Crippen LogP contribution in [0.5, 0.6) is 0 Å². The van der Waals surface area contributed by atoms with Crippen LogP contribution in [0.15, 0.2) is 47.6 Å². The van der Waals surface area contributed by atoms with Crippen LogP contribution in [0.2, 0.25) is 0 Å². The number of methoxy groups -OCH3 is 1. The van der Waals surface area contributed by atoms with Crippen LogP contribution in [0.4, 0.5) is 0 Å². The van der Waals surface area contributed by atoms with Gasteiger partial charge in [-0.2, -0.15) is 0 Å². The number of hydrogen-bond acceptors (Lipinski definition) is 4. The highest BCUT2D eigenvalue weighted by molar-refractivity contribution is 6.21. The van der Waals surface area contributed by atoms with Crippen LogP contribution >= 0.6 is 0 Å². The Morgan fingerprint density at radius 1 is 1.09 bits per heavy atom. The van der Waals surface area contributed by atoms with Gasteiger partial charge in [0.25, 0.3) is 11.8 Å². The fourth-order valence-corrected chi connectivity index (χ4v) is 2.18. The molecule has 0 spiro atoms. The van der Waals surface area contributed by atoms with Gasteiger partial charge in [-0.3, -0.25) is 14.5 Å². The third kappa shape index (κ3) is 2.98. The van der Waals surface area contributed by atoms with Gasteiger partial charge < -0.3 is 4.74 Å². The lowest BCUT2D eigenvalue weighted by Crippen LogP contribution is -2.31. The number of esters is 1. The average Bonchev–Trinajstić information content (AvgIpc) is 2.77. The van der Waals surface area contributed by atoms with E-state index in [1.54, 1.807) is 50.3 Å². The predicted octanol–water partition coefficient (Wildman–Crippen LogP) is 2.35. The zero-order chi connectivity index (χ0) is 16.3. The predicted molar refractivity (Wildman–Crippen MR) is 81.3 cm³/mol. The molecule has 1 aromatic carbocycles. The minimum absolute atomic E-state index is 0.192. The summed E-state index contributed by atoms with van der Waals surface area (Å²) in [5, 5.41) is 0. The first-order chi connectivity index (χ1) is 10.5. The van der Waals surface area contributed by atoms with Gasteiger partial charge in [-0.25, -0.2) is 4.79 Å². The van der Waals surface area contributed by atoms with Gasteiger partial charge in [0.05, 0.1) is 24.8 Å². The monoisotopic (exact) mass is 299 g/mol. The standard InChI is InChI=1S/C17H17NO4/c1-11(8-9-12(2)17(21)22-3)10-18-15(19)13-6-4-5-7-14(13)16(18)20/h4-9H,10H2,1-3H3/b11-8+,12-9+. The van der Waals surface area contributed by atoms with Gasteiger partial charge in [0.1, 0.15) is 0 Å². The Bertz CT molecular complexity index is 665. The second-order valence-corrected chi connectivity index (χ2v) is 5.10. The number of fused-ring (bicyclic) bond motifs is 1. The van der Waals surface area contributed by atoms with Crippen molar-refractivity contribution < 1.29 is 19.1 Å². The number of carbonyl (C=O) groups is 3. The number of hydrogen-bond donors (Lipinski definition) is 0. The van der Waals surface area contributed by atoms with Crippen molar-refractivity contribution >= 4 is 17.8 Å². The van der Waals surface area contributed by atoms with Crippen LogP contribution in [0.1, 0.15) is 34.6 Å². The van der Waals surface area contributed by atoms with E-state index in [-0.39, 0.29) is 18.4 Å². The van der Waals surface area contributed by atoms with Gasteiger partial charge in [-0.1, -0.05) is 29.9 Å². The number of carbonyl (C=O) groups excluding carboxylic acids is 3. The van der Waals surface area contributed by atoms with E-state index in [2.05, 4.69) is 4.74 Å². The number of nitrogens with zero attached hydrogens (tertiary/aromatic N) is 1. The quantitative estimate of drug-likeness (QED) is 0.370. The summed E-state index contributed by atoms with van der Waals surface area (Å²) in [5.41, 5.74) is 2.10. The topological polar surface area (TPSA) is 63.7 Å². The summed E-state index contributed by atoms with van der Waals surface area (Å²) in [4.78, 5) is 36.9. The lowest BCUT2D eigenvalue weighted by molar-refractivity contribution is -0.136. The summed E-state index contributed by atoms with van der Waals surface area (Å²) in [6, 6.07) is 6.77. The summed E-state index contributed by atoms with van der Waals surface area (Å²) in [7, 11) is 1.31. The number of imide groups is 1. The number of amides is 2. The van der Waals surface area contributed by atoms with E-state index in [0.29, 0.717) is 16.7 Å². The Balaban J connectivity index is 2.14. The summed E-state index contributed by atoms with van der Waals surface area (Å²) >= 11 is 0. The molecule has 0 aliphatic carbocycles. The molecule has 0 bridgehead atoms. The Kier molecular flexibility index (Phi) is 4.56. The fraction of sp³-hybridized carbons (Fsp3) is 0.235. The van der Waals surface area contributed by atoms with Crippen molar-refractivity contribution in [1.29, 1.82) is 0 Å². The van der Waals surface area contributed by atoms with Crippen molar-refractivity contribution in [3.8, 4) is 0 Å². The van der Waals surface area contributed by atoms with Gasteiger partial charge in [-0.15, -0.1) is 0 Å². The van der Waals surface area contributed by atoms with Gasteiger partial charge in [0.2, 0.25) is 0 Å². The van der Waals surface area contributed by atoms with Crippen molar-refractivity contribution in [3.05, 3.63) is 58.7 Å². The number of ether oxygens (including phenoxy) is 1. The van der Waals surface area contributed by atoms with Gasteiger partial charge in [0.15, 0.2) is 0 Å². The van der Waals surface area contributed by atoms with Crippen molar-refractivity contribution in [2.75, 3.05) is 13.7 Å². The van der Waals surface area contributed by atoms with Crippen LogP contribution in [-0.2, 0) is 9.53 Å². The minimum Gasteiger partial charge on any atom is -0.466 e. The van der Waals surface area contributed by atoms with E-state index in [1.807, 2.05) is 0 Å². The highest BCUT2D eigenvalue weighted by Gasteiger charge is 2.34. The molecule has 0 fully saturated rings. The number of allylic oxidation sites excluding steroid dienone is 2. The molecule has 0 saturated carbocycles. The Labute approximate surface area is 128 Å². The number of benzene rings is 1. The molecule has 22 heavy (non-hydrogen) atoms. The molecule has 1 aliphatic rings. The molecule has 0 atom stereocenters. The van der Waals surface area contributed by atoms with Crippen LogP contribution < -0.4 is 0 Å². The number of rotatable bonds is 4. The largest absolute Gasteiger partial charge is 0.466 e. The first-order valence-electron chi connectivity index (χ1n) is 6.83. The van der Waals surface area contributed by atoms with E-state index in [9.17, 15) is 14.4 Å². The van der Waals surface area contributed by atoms with Gasteiger partial charge in [-0.05, 0) is 26.0 Å². The molecule has 114 valence electrons. The highest BCUT2D eigenvalue weighted by Crippen LogP contribution is 2.23. The normalized spacial score (nSPS) is 15.1. The average molecular weight is 299 g/mol. The second-order valence-electron chi connectivity index (χ2n) is 5.10. The lowest BCUT2D eigenvalue weighted by atomic mass is 10.1. The molecule has 0 saturated heterocycles. The van der Waals surface area contributed by atoms with Crippen molar-refractivity contribution in [3.63, 3.8) is 0 Å². The van der Waals surface area contributed by atoms with Crippen LogP contribution in [0, 0.1) is 0 Å². The molecule has 2 amide bonds. The van der Waals surface area contributed by atoms with E-state index < -0.39 is 5.97 Å². The zero-order valence-corrected chi connectivity index (χ0v) is 12.8. The SMILES string of the molecule is COC(=O)/C(C)=C/C=C(\C)CN1C(=O)c2ccccc2C1=O. The first kappa shape index (κ1) is 15.7. The molecule has 1 aliphatic heterocycles. The van der Waals surface area contributed by atoms with Crippen molar-refractivity contribution in [2.45, 2.75) is 13.8 Å². The van der Waals surface area contributed by atoms with Crippen molar-refractivity contribution in [2.24, 2.45) is 0 Å². The Morgan fingerprint density at radius 2 is 1.64 bits per heavy atom. The molecule has 1 aromatic rings. The molecule has 1 heterocycles. The Morgan fingerprint density at radius 3 is 2.14 bits per heavy atom. The van der Waals surface area contributed by atoms with Crippen LogP contribution in [-0.4, -0.2) is 36.3 Å². The molecule has 0 unspecified atom stereocenters. The smallest absolute Gasteiger partial charge is 0.333 e. The third-order valence-electron chi connectivity index (χ3n) is 3.41. The summed E-state index contributed by atoms with van der Waals surface area (Å²) < 4.78 is 4.60. The second kappa shape index (κ2) is 6.39. The molecular formula is C17H17NO4. The maximum Gasteiger partial charge on any atom is 0.333 e. The maximum absolute atomic E-state index is 12.2. The lowest BCUT2D eigenvalue weighted by Gasteiger charge is -2.13. The maximum atomic E-state index is 12.2. The molecular weight excluding hydrogens is 282 g/mol. The van der Waals surface area contributed by atoms with E-state index >= 15 is 0 Å². The molecule has 0 N–H and O–H groups in total. The van der Waals surface area contributed by atoms with Crippen LogP contribution in [0.25, 0.3) is 0 Å².